The summed E-state index contributed by atoms with van der Waals surface area (Å²) in [6, 6.07) is 14.3. The lowest BCUT2D eigenvalue weighted by molar-refractivity contribution is -0.121. The van der Waals surface area contributed by atoms with E-state index in [1.807, 2.05) is 25.1 Å². The molecule has 108 valence electrons. The molecule has 2 aromatic rings. The standard InChI is InChI=1S/C17H16FNOS/c1-11(13-7-3-4-8-14(13)18)19-17(20)16-10-12-6-2-5-9-15(12)21-16/h2-9,11,16H,10H2,1H3,(H,19,20)/t11-,16-/m0/s1. The van der Waals surface area contributed by atoms with Crippen molar-refractivity contribution in [2.45, 2.75) is 29.5 Å². The van der Waals surface area contributed by atoms with Crippen LogP contribution < -0.4 is 5.32 Å². The van der Waals surface area contributed by atoms with Gasteiger partial charge in [0.1, 0.15) is 5.82 Å². The maximum atomic E-state index is 13.7. The summed E-state index contributed by atoms with van der Waals surface area (Å²) in [4.78, 5) is 13.5. The van der Waals surface area contributed by atoms with Gasteiger partial charge in [-0.25, -0.2) is 4.39 Å². The van der Waals surface area contributed by atoms with Crippen LogP contribution in [0.2, 0.25) is 0 Å². The first-order chi connectivity index (χ1) is 10.1. The van der Waals surface area contributed by atoms with Gasteiger partial charge in [0, 0.05) is 10.5 Å². The first kappa shape index (κ1) is 14.1. The number of nitrogens with one attached hydrogen (secondary N) is 1. The summed E-state index contributed by atoms with van der Waals surface area (Å²) in [5, 5.41) is 2.79. The Morgan fingerprint density at radius 3 is 2.71 bits per heavy atom. The van der Waals surface area contributed by atoms with E-state index in [2.05, 4.69) is 11.4 Å². The van der Waals surface area contributed by atoms with Crippen LogP contribution in [0.4, 0.5) is 4.39 Å². The Labute approximate surface area is 127 Å². The topological polar surface area (TPSA) is 29.1 Å². The zero-order valence-corrected chi connectivity index (χ0v) is 12.5. The van der Waals surface area contributed by atoms with Crippen molar-refractivity contribution in [2.24, 2.45) is 0 Å². The van der Waals surface area contributed by atoms with Crippen LogP contribution >= 0.6 is 11.8 Å². The SMILES string of the molecule is C[C@H](NC(=O)[C@@H]1Cc2ccccc2S1)c1ccccc1F. The molecule has 2 nitrogen and oxygen atoms in total. The Bertz CT molecular complexity index is 648. The third-order valence-electron chi connectivity index (χ3n) is 3.67. The van der Waals surface area contributed by atoms with Crippen molar-refractivity contribution in [3.05, 3.63) is 65.5 Å². The maximum Gasteiger partial charge on any atom is 0.234 e. The monoisotopic (exact) mass is 301 g/mol. The summed E-state index contributed by atoms with van der Waals surface area (Å²) in [6.45, 7) is 1.81. The molecule has 0 unspecified atom stereocenters. The molecular weight excluding hydrogens is 285 g/mol. The summed E-state index contributed by atoms with van der Waals surface area (Å²) in [7, 11) is 0. The van der Waals surface area contributed by atoms with Crippen LogP contribution in [0.15, 0.2) is 53.4 Å². The van der Waals surface area contributed by atoms with Crippen molar-refractivity contribution in [1.29, 1.82) is 0 Å². The number of thioether (sulfide) groups is 1. The van der Waals surface area contributed by atoms with Crippen LogP contribution in [0, 0.1) is 5.82 Å². The fraction of sp³-hybridized carbons (Fsp3) is 0.235. The minimum atomic E-state index is -0.331. The lowest BCUT2D eigenvalue weighted by atomic mass is 10.1. The number of amides is 1. The molecule has 0 fully saturated rings. The first-order valence-electron chi connectivity index (χ1n) is 6.94. The molecule has 0 aromatic heterocycles. The van der Waals surface area contributed by atoms with Gasteiger partial charge in [-0.05, 0) is 31.0 Å². The normalized spacial score (nSPS) is 18.1. The molecule has 0 radical (unpaired) electrons. The van der Waals surface area contributed by atoms with Crippen LogP contribution in [-0.2, 0) is 11.2 Å². The number of benzene rings is 2. The average molecular weight is 301 g/mol. The molecule has 0 saturated carbocycles. The van der Waals surface area contributed by atoms with Crippen molar-refractivity contribution in [3.8, 4) is 0 Å². The number of rotatable bonds is 3. The Morgan fingerprint density at radius 2 is 1.95 bits per heavy atom. The van der Waals surface area contributed by atoms with Gasteiger partial charge in [0.2, 0.25) is 5.91 Å². The van der Waals surface area contributed by atoms with E-state index in [4.69, 9.17) is 0 Å². The molecule has 2 aromatic carbocycles. The summed E-state index contributed by atoms with van der Waals surface area (Å²) in [5.41, 5.74) is 1.73. The van der Waals surface area contributed by atoms with Gasteiger partial charge in [-0.3, -0.25) is 4.79 Å². The van der Waals surface area contributed by atoms with E-state index in [0.29, 0.717) is 5.56 Å². The number of hydrogen-bond acceptors (Lipinski definition) is 2. The molecule has 1 heterocycles. The van der Waals surface area contributed by atoms with Crippen molar-refractivity contribution in [1.82, 2.24) is 5.32 Å². The van der Waals surface area contributed by atoms with Crippen LogP contribution in [-0.4, -0.2) is 11.2 Å². The molecular formula is C17H16FNOS. The molecule has 1 amide bonds. The molecule has 2 atom stereocenters. The van der Waals surface area contributed by atoms with Crippen LogP contribution in [0.5, 0.6) is 0 Å². The molecule has 1 aliphatic heterocycles. The second kappa shape index (κ2) is 5.90. The first-order valence-corrected chi connectivity index (χ1v) is 7.82. The fourth-order valence-corrected chi connectivity index (χ4v) is 3.74. The summed E-state index contributed by atoms with van der Waals surface area (Å²) in [5.74, 6) is -0.320. The van der Waals surface area contributed by atoms with E-state index >= 15 is 0 Å². The number of halogens is 1. The smallest absolute Gasteiger partial charge is 0.234 e. The van der Waals surface area contributed by atoms with Gasteiger partial charge in [-0.1, -0.05) is 36.4 Å². The van der Waals surface area contributed by atoms with Gasteiger partial charge in [0.05, 0.1) is 11.3 Å². The lowest BCUT2D eigenvalue weighted by Gasteiger charge is -2.17. The second-order valence-corrected chi connectivity index (χ2v) is 6.41. The van der Waals surface area contributed by atoms with Gasteiger partial charge in [-0.15, -0.1) is 11.8 Å². The minimum Gasteiger partial charge on any atom is -0.348 e. The third kappa shape index (κ3) is 2.95. The van der Waals surface area contributed by atoms with E-state index in [1.165, 1.54) is 11.6 Å². The van der Waals surface area contributed by atoms with Crippen LogP contribution in [0.1, 0.15) is 24.1 Å². The molecule has 0 bridgehead atoms. The predicted octanol–water partition coefficient (Wildman–Crippen LogP) is 3.72. The Kier molecular flexibility index (Phi) is 3.97. The minimum absolute atomic E-state index is 0.0352. The van der Waals surface area contributed by atoms with Gasteiger partial charge in [0.25, 0.3) is 0 Å². The Balaban J connectivity index is 1.67. The summed E-state index contributed by atoms with van der Waals surface area (Å²) < 4.78 is 13.7. The molecule has 0 saturated heterocycles. The zero-order chi connectivity index (χ0) is 14.8. The largest absolute Gasteiger partial charge is 0.348 e. The van der Waals surface area contributed by atoms with Crippen molar-refractivity contribution in [3.63, 3.8) is 0 Å². The van der Waals surface area contributed by atoms with E-state index in [-0.39, 0.29) is 23.0 Å². The van der Waals surface area contributed by atoms with Gasteiger partial charge in [-0.2, -0.15) is 0 Å². The van der Waals surface area contributed by atoms with Crippen LogP contribution in [0.3, 0.4) is 0 Å². The predicted molar refractivity (Wildman–Crippen MR) is 82.7 cm³/mol. The molecule has 0 spiro atoms. The summed E-state index contributed by atoms with van der Waals surface area (Å²) >= 11 is 1.58. The molecule has 1 aliphatic rings. The van der Waals surface area contributed by atoms with Crippen molar-refractivity contribution < 1.29 is 9.18 Å². The van der Waals surface area contributed by atoms with E-state index in [0.717, 1.165) is 11.3 Å². The Morgan fingerprint density at radius 1 is 1.24 bits per heavy atom. The quantitative estimate of drug-likeness (QED) is 0.936. The Hall–Kier alpha value is -1.81. The highest BCUT2D eigenvalue weighted by Gasteiger charge is 2.29. The molecule has 4 heteroatoms. The van der Waals surface area contributed by atoms with Crippen molar-refractivity contribution >= 4 is 17.7 Å². The van der Waals surface area contributed by atoms with Crippen molar-refractivity contribution in [2.75, 3.05) is 0 Å². The van der Waals surface area contributed by atoms with E-state index in [9.17, 15) is 9.18 Å². The zero-order valence-electron chi connectivity index (χ0n) is 11.7. The lowest BCUT2D eigenvalue weighted by Crippen LogP contribution is -2.34. The highest BCUT2D eigenvalue weighted by Crippen LogP contribution is 2.37. The average Bonchev–Trinajstić information content (AvgIpc) is 2.91. The van der Waals surface area contributed by atoms with Gasteiger partial charge < -0.3 is 5.32 Å². The maximum absolute atomic E-state index is 13.7. The number of carbonyl (C=O) groups is 1. The van der Waals surface area contributed by atoms with E-state index < -0.39 is 0 Å². The number of hydrogen-bond donors (Lipinski definition) is 1. The molecule has 0 aliphatic carbocycles. The molecule has 3 rings (SSSR count). The number of carbonyl (C=O) groups excluding carboxylic acids is 1. The highest BCUT2D eigenvalue weighted by atomic mass is 32.2. The second-order valence-electron chi connectivity index (χ2n) is 5.17. The van der Waals surface area contributed by atoms with Gasteiger partial charge in [0.15, 0.2) is 0 Å². The molecule has 1 N–H and O–H groups in total. The van der Waals surface area contributed by atoms with Crippen LogP contribution in [0.25, 0.3) is 0 Å². The molecule has 21 heavy (non-hydrogen) atoms. The fourth-order valence-electron chi connectivity index (χ4n) is 2.54. The van der Waals surface area contributed by atoms with Gasteiger partial charge >= 0.3 is 0 Å². The highest BCUT2D eigenvalue weighted by molar-refractivity contribution is 8.01. The number of fused-ring (bicyclic) bond motifs is 1. The summed E-state index contributed by atoms with van der Waals surface area (Å²) in [6.07, 6.45) is 0.733. The van der Waals surface area contributed by atoms with E-state index in [1.54, 1.807) is 30.0 Å². The third-order valence-corrected chi connectivity index (χ3v) is 4.99.